The van der Waals surface area contributed by atoms with Crippen LogP contribution in [0.5, 0.6) is 0 Å². The number of anilines is 1. The number of pyridine rings is 1. The Morgan fingerprint density at radius 2 is 2.08 bits per heavy atom. The summed E-state index contributed by atoms with van der Waals surface area (Å²) in [6.07, 6.45) is 1.10. The quantitative estimate of drug-likeness (QED) is 0.825. The predicted octanol–water partition coefficient (Wildman–Crippen LogP) is 1.52. The fraction of sp³-hybridized carbons (Fsp3) is 0.286. The van der Waals surface area contributed by atoms with Gasteiger partial charge in [-0.25, -0.2) is 13.4 Å². The van der Waals surface area contributed by atoms with E-state index in [0.717, 1.165) is 11.9 Å². The highest BCUT2D eigenvalue weighted by molar-refractivity contribution is 9.10. The second-order valence-corrected chi connectivity index (χ2v) is 5.16. The molecule has 6 heteroatoms. The van der Waals surface area contributed by atoms with E-state index < -0.39 is 10.0 Å². The SMILES string of the molecule is Cc1ccc(NS(C)(=O)=O)c(Br)n1. The zero-order chi connectivity index (χ0) is 10.1. The minimum absolute atomic E-state index is 0.452. The monoisotopic (exact) mass is 264 g/mol. The molecular formula is C7H9BrN2O2S. The highest BCUT2D eigenvalue weighted by atomic mass is 79.9. The molecule has 0 aliphatic heterocycles. The molecule has 0 aromatic carbocycles. The summed E-state index contributed by atoms with van der Waals surface area (Å²) >= 11 is 3.16. The first-order valence-corrected chi connectivity index (χ1v) is 6.18. The molecule has 4 nitrogen and oxygen atoms in total. The van der Waals surface area contributed by atoms with Gasteiger partial charge in [-0.3, -0.25) is 4.72 Å². The molecule has 0 unspecified atom stereocenters. The van der Waals surface area contributed by atoms with Crippen molar-refractivity contribution in [2.75, 3.05) is 11.0 Å². The van der Waals surface area contributed by atoms with Crippen molar-refractivity contribution in [2.24, 2.45) is 0 Å². The molecule has 0 aliphatic carbocycles. The molecule has 0 atom stereocenters. The molecule has 72 valence electrons. The Kier molecular flexibility index (Phi) is 2.92. The number of hydrogen-bond donors (Lipinski definition) is 1. The van der Waals surface area contributed by atoms with Crippen LogP contribution in [0.25, 0.3) is 0 Å². The molecule has 1 N–H and O–H groups in total. The Labute approximate surface area is 85.6 Å². The number of sulfonamides is 1. The van der Waals surface area contributed by atoms with Gasteiger partial charge < -0.3 is 0 Å². The predicted molar refractivity (Wildman–Crippen MR) is 55.1 cm³/mol. The van der Waals surface area contributed by atoms with Crippen molar-refractivity contribution in [3.05, 3.63) is 22.4 Å². The van der Waals surface area contributed by atoms with Gasteiger partial charge in [0.05, 0.1) is 11.9 Å². The first-order chi connectivity index (χ1) is 5.88. The first kappa shape index (κ1) is 10.5. The summed E-state index contributed by atoms with van der Waals surface area (Å²) in [7, 11) is -3.23. The first-order valence-electron chi connectivity index (χ1n) is 3.49. The molecule has 1 rings (SSSR count). The van der Waals surface area contributed by atoms with Crippen LogP contribution < -0.4 is 4.72 Å². The minimum atomic E-state index is -3.23. The molecule has 0 radical (unpaired) electrons. The van der Waals surface area contributed by atoms with Gasteiger partial charge >= 0.3 is 0 Å². The smallest absolute Gasteiger partial charge is 0.229 e. The van der Waals surface area contributed by atoms with Crippen LogP contribution >= 0.6 is 15.9 Å². The summed E-state index contributed by atoms with van der Waals surface area (Å²) in [4.78, 5) is 4.05. The third-order valence-corrected chi connectivity index (χ3v) is 2.48. The van der Waals surface area contributed by atoms with Gasteiger partial charge in [0.25, 0.3) is 0 Å². The van der Waals surface area contributed by atoms with Crippen molar-refractivity contribution < 1.29 is 8.42 Å². The average Bonchev–Trinajstić information content (AvgIpc) is 1.93. The van der Waals surface area contributed by atoms with E-state index >= 15 is 0 Å². The summed E-state index contributed by atoms with van der Waals surface area (Å²) in [6.45, 7) is 1.83. The number of nitrogens with one attached hydrogen (secondary N) is 1. The molecule has 0 saturated heterocycles. The normalized spacial score (nSPS) is 11.3. The number of aryl methyl sites for hydroxylation is 1. The lowest BCUT2D eigenvalue weighted by atomic mass is 10.4. The Morgan fingerprint density at radius 3 is 2.54 bits per heavy atom. The van der Waals surface area contributed by atoms with Crippen LogP contribution in [0.3, 0.4) is 0 Å². The summed E-state index contributed by atoms with van der Waals surface area (Å²) in [5.74, 6) is 0. The third-order valence-electron chi connectivity index (χ3n) is 1.28. The van der Waals surface area contributed by atoms with Crippen LogP contribution in [0.2, 0.25) is 0 Å². The van der Waals surface area contributed by atoms with Gasteiger partial charge in [-0.2, -0.15) is 0 Å². The number of rotatable bonds is 2. The Hall–Kier alpha value is -0.620. The minimum Gasteiger partial charge on any atom is -0.281 e. The molecule has 0 bridgehead atoms. The van der Waals surface area contributed by atoms with E-state index in [1.54, 1.807) is 12.1 Å². The van der Waals surface area contributed by atoms with E-state index in [4.69, 9.17) is 0 Å². The molecule has 0 saturated carbocycles. The lowest BCUT2D eigenvalue weighted by Crippen LogP contribution is -2.10. The number of aromatic nitrogens is 1. The van der Waals surface area contributed by atoms with Crippen LogP contribution in [0, 0.1) is 6.92 Å². The largest absolute Gasteiger partial charge is 0.281 e. The van der Waals surface area contributed by atoms with Gasteiger partial charge in [0.2, 0.25) is 10.0 Å². The van der Waals surface area contributed by atoms with Gasteiger partial charge in [-0.15, -0.1) is 0 Å². The zero-order valence-electron chi connectivity index (χ0n) is 7.20. The van der Waals surface area contributed by atoms with Gasteiger partial charge in [-0.1, -0.05) is 0 Å². The van der Waals surface area contributed by atoms with Gasteiger partial charge in [-0.05, 0) is 35.0 Å². The molecule has 0 amide bonds. The van der Waals surface area contributed by atoms with Crippen LogP contribution in [0.15, 0.2) is 16.7 Å². The molecule has 1 aromatic rings. The van der Waals surface area contributed by atoms with E-state index in [-0.39, 0.29) is 0 Å². The van der Waals surface area contributed by atoms with E-state index in [1.807, 2.05) is 6.92 Å². The molecule has 13 heavy (non-hydrogen) atoms. The van der Waals surface area contributed by atoms with Crippen molar-refractivity contribution in [2.45, 2.75) is 6.92 Å². The topological polar surface area (TPSA) is 59.1 Å². The third kappa shape index (κ3) is 3.31. The summed E-state index contributed by atoms with van der Waals surface area (Å²) in [5, 5.41) is 0. The highest BCUT2D eigenvalue weighted by Crippen LogP contribution is 2.20. The second kappa shape index (κ2) is 3.63. The van der Waals surface area contributed by atoms with E-state index in [9.17, 15) is 8.42 Å². The number of halogens is 1. The Bertz CT molecular complexity index is 417. The van der Waals surface area contributed by atoms with Gasteiger partial charge in [0.1, 0.15) is 4.60 Å². The maximum Gasteiger partial charge on any atom is 0.229 e. The van der Waals surface area contributed by atoms with Crippen molar-refractivity contribution in [3.63, 3.8) is 0 Å². The summed E-state index contributed by atoms with van der Waals surface area (Å²) in [6, 6.07) is 3.39. The van der Waals surface area contributed by atoms with Crippen molar-refractivity contribution in [3.8, 4) is 0 Å². The van der Waals surface area contributed by atoms with E-state index in [1.165, 1.54) is 0 Å². The lowest BCUT2D eigenvalue weighted by Gasteiger charge is -2.05. The number of nitrogens with zero attached hydrogens (tertiary/aromatic N) is 1. The number of hydrogen-bond acceptors (Lipinski definition) is 3. The average molecular weight is 265 g/mol. The van der Waals surface area contributed by atoms with Crippen LogP contribution in [0.4, 0.5) is 5.69 Å². The second-order valence-electron chi connectivity index (χ2n) is 2.67. The molecular weight excluding hydrogens is 256 g/mol. The molecule has 1 aromatic heterocycles. The molecule has 0 spiro atoms. The molecule has 0 fully saturated rings. The van der Waals surface area contributed by atoms with E-state index in [0.29, 0.717) is 10.3 Å². The van der Waals surface area contributed by atoms with Crippen molar-refractivity contribution in [1.82, 2.24) is 4.98 Å². The summed E-state index contributed by atoms with van der Waals surface area (Å²) in [5.41, 5.74) is 1.28. The molecule has 0 aliphatic rings. The van der Waals surface area contributed by atoms with E-state index in [2.05, 4.69) is 25.6 Å². The van der Waals surface area contributed by atoms with Gasteiger partial charge in [0, 0.05) is 5.69 Å². The molecule has 1 heterocycles. The fourth-order valence-corrected chi connectivity index (χ4v) is 2.01. The van der Waals surface area contributed by atoms with Gasteiger partial charge in [0.15, 0.2) is 0 Å². The maximum atomic E-state index is 10.9. The lowest BCUT2D eigenvalue weighted by molar-refractivity contribution is 0.606. The Morgan fingerprint density at radius 1 is 1.46 bits per heavy atom. The standard InChI is InChI=1S/C7H9BrN2O2S/c1-5-3-4-6(7(8)9-5)10-13(2,11)12/h3-4,10H,1-2H3. The van der Waals surface area contributed by atoms with Crippen LogP contribution in [-0.4, -0.2) is 19.7 Å². The van der Waals surface area contributed by atoms with Crippen molar-refractivity contribution >= 4 is 31.6 Å². The Balaban J connectivity index is 3.04. The summed E-state index contributed by atoms with van der Waals surface area (Å²) < 4.78 is 24.6. The zero-order valence-corrected chi connectivity index (χ0v) is 9.61. The van der Waals surface area contributed by atoms with Crippen LogP contribution in [-0.2, 0) is 10.0 Å². The fourth-order valence-electron chi connectivity index (χ4n) is 0.801. The maximum absolute atomic E-state index is 10.9. The van der Waals surface area contributed by atoms with Crippen LogP contribution in [0.1, 0.15) is 5.69 Å². The highest BCUT2D eigenvalue weighted by Gasteiger charge is 2.06. The van der Waals surface area contributed by atoms with Crippen molar-refractivity contribution in [1.29, 1.82) is 0 Å².